The number of aromatic nitrogens is 3. The molecule has 0 aliphatic carbocycles. The largest absolute Gasteiger partial charge is 0.507 e. The Morgan fingerprint density at radius 3 is 1.71 bits per heavy atom. The molecule has 7 aromatic carbocycles. The van der Waals surface area contributed by atoms with Gasteiger partial charge < -0.3 is 5.11 Å². The van der Waals surface area contributed by atoms with Crippen LogP contribution in [-0.4, -0.2) is 19.6 Å². The van der Waals surface area contributed by atoms with Crippen molar-refractivity contribution in [2.45, 2.75) is 72.1 Å². The van der Waals surface area contributed by atoms with E-state index < -0.39 is 5.89 Å². The molecule has 9 rings (SSSR count). The van der Waals surface area contributed by atoms with Crippen LogP contribution in [0.3, 0.4) is 0 Å². The SMILES string of the molecule is [2H]C(C)(C)c1cc(-c2ccccc2)cc(-n2c(-c3cc(C(C)(C)C)cc(C(C)(C)C)c3O)nc3c(-c4cc(-c5ccccc5)cc(-c5cc(-c6ccccc6)ccn5)c4)cccc32)c1. The average molecular weight is 823 g/mol. The molecule has 2 aromatic heterocycles. The van der Waals surface area contributed by atoms with Crippen molar-refractivity contribution in [3.05, 3.63) is 193 Å². The van der Waals surface area contributed by atoms with E-state index in [1.807, 2.05) is 50.4 Å². The van der Waals surface area contributed by atoms with Crippen LogP contribution in [0, 0.1) is 0 Å². The predicted molar refractivity (Wildman–Crippen MR) is 265 cm³/mol. The Balaban J connectivity index is 1.36. The summed E-state index contributed by atoms with van der Waals surface area (Å²) in [4.78, 5) is 10.6. The third-order valence-corrected chi connectivity index (χ3v) is 12.1. The lowest BCUT2D eigenvalue weighted by Crippen LogP contribution is -2.17. The van der Waals surface area contributed by atoms with Crippen molar-refractivity contribution < 1.29 is 6.48 Å². The first-order valence-corrected chi connectivity index (χ1v) is 21.9. The number of para-hydroxylation sites is 1. The molecule has 63 heavy (non-hydrogen) atoms. The van der Waals surface area contributed by atoms with Gasteiger partial charge in [0.15, 0.2) is 0 Å². The molecule has 0 unspecified atom stereocenters. The Labute approximate surface area is 374 Å². The highest BCUT2D eigenvalue weighted by Crippen LogP contribution is 2.45. The Morgan fingerprint density at radius 2 is 1.11 bits per heavy atom. The topological polar surface area (TPSA) is 50.9 Å². The average Bonchev–Trinajstić information content (AvgIpc) is 3.68. The maximum absolute atomic E-state index is 12.5. The number of imidazole rings is 1. The summed E-state index contributed by atoms with van der Waals surface area (Å²) in [6.45, 7) is 16.9. The standard InChI is InChI=1S/C59H55N3O/c1-38(2)43-29-45(41-23-16-11-17-24-41)34-49(33-43)62-54-26-18-25-50(55(54)61-57(62)51-36-48(58(3,4)5)37-52(56(51)63)59(6,7)8)46-30-44(40-21-14-10-15-22-40)31-47(32-46)53-35-42(27-28-60-53)39-19-12-9-13-20-39/h9-38,63H,1-8H3/i38D. The molecule has 4 nitrogen and oxygen atoms in total. The molecule has 0 fully saturated rings. The van der Waals surface area contributed by atoms with E-state index in [2.05, 4.69) is 186 Å². The molecule has 0 saturated carbocycles. The van der Waals surface area contributed by atoms with Crippen LogP contribution in [0.15, 0.2) is 176 Å². The van der Waals surface area contributed by atoms with E-state index in [0.717, 1.165) is 89.2 Å². The van der Waals surface area contributed by atoms with Crippen LogP contribution >= 0.6 is 0 Å². The highest BCUT2D eigenvalue weighted by Gasteiger charge is 2.29. The molecule has 0 aliphatic rings. The van der Waals surface area contributed by atoms with Gasteiger partial charge in [-0.1, -0.05) is 171 Å². The number of nitrogens with zero attached hydrogens (tertiary/aromatic N) is 3. The molecule has 0 atom stereocenters. The molecule has 9 aromatic rings. The number of hydrogen-bond acceptors (Lipinski definition) is 3. The minimum absolute atomic E-state index is 0.208. The predicted octanol–water partition coefficient (Wildman–Crippen LogP) is 15.8. The van der Waals surface area contributed by atoms with Crippen molar-refractivity contribution in [2.24, 2.45) is 0 Å². The lowest BCUT2D eigenvalue weighted by atomic mass is 9.79. The molecule has 0 bridgehead atoms. The van der Waals surface area contributed by atoms with Gasteiger partial charge in [-0.05, 0) is 121 Å². The molecule has 0 radical (unpaired) electrons. The number of pyridine rings is 1. The normalized spacial score (nSPS) is 12.4. The van der Waals surface area contributed by atoms with Gasteiger partial charge in [-0.15, -0.1) is 0 Å². The minimum atomic E-state index is -0.894. The van der Waals surface area contributed by atoms with Crippen LogP contribution in [0.4, 0.5) is 0 Å². The highest BCUT2D eigenvalue weighted by atomic mass is 16.3. The van der Waals surface area contributed by atoms with Crippen LogP contribution in [-0.2, 0) is 10.8 Å². The highest BCUT2D eigenvalue weighted by molar-refractivity contribution is 5.98. The summed E-state index contributed by atoms with van der Waals surface area (Å²) in [6, 6.07) is 59.3. The molecular weight excluding hydrogens is 767 g/mol. The summed E-state index contributed by atoms with van der Waals surface area (Å²) in [6.07, 6.45) is 1.89. The van der Waals surface area contributed by atoms with Gasteiger partial charge >= 0.3 is 0 Å². The maximum Gasteiger partial charge on any atom is 0.149 e. The number of hydrogen-bond donors (Lipinski definition) is 1. The van der Waals surface area contributed by atoms with Crippen LogP contribution < -0.4 is 0 Å². The second-order valence-electron chi connectivity index (χ2n) is 19.0. The molecule has 1 N–H and O–H groups in total. The number of phenols is 1. The summed E-state index contributed by atoms with van der Waals surface area (Å²) in [5.41, 5.74) is 15.8. The molecule has 312 valence electrons. The third-order valence-electron chi connectivity index (χ3n) is 12.1. The summed E-state index contributed by atoms with van der Waals surface area (Å²) in [7, 11) is 0. The van der Waals surface area contributed by atoms with E-state index >= 15 is 0 Å². The van der Waals surface area contributed by atoms with Crippen LogP contribution in [0.25, 0.3) is 83.9 Å². The number of rotatable bonds is 8. The second kappa shape index (κ2) is 16.3. The fraction of sp³-hybridized carbons (Fsp3) is 0.186. The van der Waals surface area contributed by atoms with Crippen LogP contribution in [0.1, 0.15) is 79.3 Å². The second-order valence-corrected chi connectivity index (χ2v) is 19.0. The minimum Gasteiger partial charge on any atom is -0.507 e. The van der Waals surface area contributed by atoms with E-state index in [4.69, 9.17) is 9.97 Å². The Kier molecular flexibility index (Phi) is 10.4. The zero-order chi connectivity index (χ0) is 45.0. The van der Waals surface area contributed by atoms with Crippen LogP contribution in [0.5, 0.6) is 5.75 Å². The fourth-order valence-corrected chi connectivity index (χ4v) is 8.54. The van der Waals surface area contributed by atoms with Gasteiger partial charge in [0, 0.05) is 29.9 Å². The van der Waals surface area contributed by atoms with Crippen molar-refractivity contribution in [3.63, 3.8) is 0 Å². The van der Waals surface area contributed by atoms with E-state index in [1.54, 1.807) is 0 Å². The zero-order valence-electron chi connectivity index (χ0n) is 38.5. The van der Waals surface area contributed by atoms with Gasteiger partial charge in [0.2, 0.25) is 0 Å². The molecule has 2 heterocycles. The molecule has 0 amide bonds. The van der Waals surface area contributed by atoms with Gasteiger partial charge in [0.05, 0.1) is 22.3 Å². The fourth-order valence-electron chi connectivity index (χ4n) is 8.54. The number of benzene rings is 7. The maximum atomic E-state index is 12.5. The van der Waals surface area contributed by atoms with E-state index in [1.165, 1.54) is 0 Å². The summed E-state index contributed by atoms with van der Waals surface area (Å²) in [5, 5.41) is 12.5. The molecule has 0 saturated heterocycles. The number of aromatic hydroxyl groups is 1. The van der Waals surface area contributed by atoms with Gasteiger partial charge in [0.25, 0.3) is 0 Å². The summed E-state index contributed by atoms with van der Waals surface area (Å²) < 4.78 is 11.5. The van der Waals surface area contributed by atoms with Crippen molar-refractivity contribution >= 4 is 11.0 Å². The van der Waals surface area contributed by atoms with Crippen molar-refractivity contribution in [2.75, 3.05) is 0 Å². The first-order valence-electron chi connectivity index (χ1n) is 22.4. The quantitative estimate of drug-likeness (QED) is 0.166. The Bertz CT molecular complexity index is 3150. The third kappa shape index (κ3) is 8.22. The number of fused-ring (bicyclic) bond motifs is 1. The molecular formula is C59H55N3O. The Morgan fingerprint density at radius 1 is 0.524 bits per heavy atom. The van der Waals surface area contributed by atoms with Gasteiger partial charge in [-0.2, -0.15) is 0 Å². The zero-order valence-corrected chi connectivity index (χ0v) is 37.5. The molecule has 4 heteroatoms. The Hall–Kier alpha value is -7.04. The summed E-state index contributed by atoms with van der Waals surface area (Å²) >= 11 is 0. The van der Waals surface area contributed by atoms with Gasteiger partial charge in [-0.3, -0.25) is 9.55 Å². The first kappa shape index (κ1) is 40.1. The number of phenolic OH excluding ortho intramolecular Hbond substituents is 1. The first-order chi connectivity index (χ1) is 30.5. The van der Waals surface area contributed by atoms with E-state index in [-0.39, 0.29) is 16.6 Å². The van der Waals surface area contributed by atoms with Crippen molar-refractivity contribution in [1.82, 2.24) is 14.5 Å². The van der Waals surface area contributed by atoms with E-state index in [9.17, 15) is 6.48 Å². The molecule has 0 spiro atoms. The lowest BCUT2D eigenvalue weighted by Gasteiger charge is -2.27. The van der Waals surface area contributed by atoms with Crippen LogP contribution in [0.2, 0.25) is 0 Å². The smallest absolute Gasteiger partial charge is 0.149 e. The van der Waals surface area contributed by atoms with Crippen molar-refractivity contribution in [1.29, 1.82) is 0 Å². The van der Waals surface area contributed by atoms with E-state index in [0.29, 0.717) is 11.4 Å². The molecule has 0 aliphatic heterocycles. The van der Waals surface area contributed by atoms with Crippen molar-refractivity contribution in [3.8, 4) is 78.6 Å². The summed E-state index contributed by atoms with van der Waals surface area (Å²) in [5.74, 6) is -0.0431. The van der Waals surface area contributed by atoms with Gasteiger partial charge in [-0.25, -0.2) is 4.98 Å². The monoisotopic (exact) mass is 822 g/mol. The lowest BCUT2D eigenvalue weighted by molar-refractivity contribution is 0.446. The van der Waals surface area contributed by atoms with Gasteiger partial charge in [0.1, 0.15) is 11.6 Å².